The van der Waals surface area contributed by atoms with Gasteiger partial charge in [-0.15, -0.1) is 11.3 Å². The number of likely N-dealkylation sites (tertiary alicyclic amines) is 1. The summed E-state index contributed by atoms with van der Waals surface area (Å²) in [4.78, 5) is 37.8. The van der Waals surface area contributed by atoms with E-state index in [1.165, 1.54) is 16.7 Å². The summed E-state index contributed by atoms with van der Waals surface area (Å²) in [5.41, 5.74) is 2.58. The molecular formula is C25H20ClN3O2S2. The van der Waals surface area contributed by atoms with Crippen molar-refractivity contribution in [3.63, 3.8) is 0 Å². The number of thioether (sulfide) groups is 1. The van der Waals surface area contributed by atoms with Crippen LogP contribution in [0.3, 0.4) is 0 Å². The number of benzene rings is 2. The molecule has 1 fully saturated rings. The molecule has 1 aliphatic heterocycles. The highest BCUT2D eigenvalue weighted by atomic mass is 35.5. The molecule has 3 heterocycles. The van der Waals surface area contributed by atoms with Crippen molar-refractivity contribution in [3.8, 4) is 11.1 Å². The minimum atomic E-state index is -0.378. The zero-order valence-corrected chi connectivity index (χ0v) is 20.0. The normalized spacial score (nSPS) is 16.7. The van der Waals surface area contributed by atoms with Gasteiger partial charge in [-0.1, -0.05) is 60.1 Å². The van der Waals surface area contributed by atoms with Gasteiger partial charge in [0.25, 0.3) is 5.91 Å². The molecule has 0 N–H and O–H groups in total. The number of carbonyl (C=O) groups excluding carboxylic acids is 2. The zero-order valence-electron chi connectivity index (χ0n) is 17.6. The maximum atomic E-state index is 13.5. The molecule has 2 amide bonds. The van der Waals surface area contributed by atoms with Gasteiger partial charge < -0.3 is 0 Å². The lowest BCUT2D eigenvalue weighted by atomic mass is 10.1. The van der Waals surface area contributed by atoms with Crippen molar-refractivity contribution in [2.45, 2.75) is 29.5 Å². The molecule has 2 aromatic heterocycles. The topological polar surface area (TPSA) is 63.2 Å². The van der Waals surface area contributed by atoms with Crippen LogP contribution in [0.2, 0.25) is 5.02 Å². The van der Waals surface area contributed by atoms with Crippen molar-refractivity contribution in [2.75, 3.05) is 6.54 Å². The minimum absolute atomic E-state index is 0.151. The van der Waals surface area contributed by atoms with Crippen LogP contribution in [0.25, 0.3) is 21.3 Å². The predicted octanol–water partition coefficient (Wildman–Crippen LogP) is 6.33. The highest BCUT2D eigenvalue weighted by molar-refractivity contribution is 8.00. The summed E-state index contributed by atoms with van der Waals surface area (Å²) < 4.78 is 0. The van der Waals surface area contributed by atoms with Crippen LogP contribution in [0.5, 0.6) is 0 Å². The lowest BCUT2D eigenvalue weighted by molar-refractivity contribution is -0.127. The second-order valence-corrected chi connectivity index (χ2v) is 10.3. The van der Waals surface area contributed by atoms with Crippen molar-refractivity contribution >= 4 is 56.7 Å². The molecule has 2 aromatic carbocycles. The summed E-state index contributed by atoms with van der Waals surface area (Å²) in [6.45, 7) is 0.442. The first-order valence-corrected chi connectivity index (χ1v) is 12.8. The number of halogens is 1. The van der Waals surface area contributed by atoms with Crippen LogP contribution < -0.4 is 0 Å². The molecule has 8 heteroatoms. The van der Waals surface area contributed by atoms with Gasteiger partial charge in [0.05, 0.1) is 10.6 Å². The Morgan fingerprint density at radius 1 is 1.06 bits per heavy atom. The fourth-order valence-electron chi connectivity index (χ4n) is 3.97. The summed E-state index contributed by atoms with van der Waals surface area (Å²) in [5.74, 6) is -0.389. The number of imide groups is 1. The number of nitrogens with zero attached hydrogens (tertiary/aromatic N) is 3. The Bertz CT molecular complexity index is 1310. The lowest BCUT2D eigenvalue weighted by Crippen LogP contribution is -2.41. The molecule has 0 bridgehead atoms. The number of hydrogen-bond acceptors (Lipinski definition) is 6. The van der Waals surface area contributed by atoms with E-state index in [-0.39, 0.29) is 17.1 Å². The third-order valence-electron chi connectivity index (χ3n) is 5.65. The van der Waals surface area contributed by atoms with Gasteiger partial charge in [0.1, 0.15) is 16.2 Å². The number of rotatable bonds is 4. The molecular weight excluding hydrogens is 474 g/mol. The first-order chi connectivity index (χ1) is 16.1. The van der Waals surface area contributed by atoms with Gasteiger partial charge in [0.2, 0.25) is 5.91 Å². The highest BCUT2D eigenvalue weighted by Gasteiger charge is 2.33. The standard InChI is InChI=1S/C25H20ClN3O2S2/c26-18-11-9-16(10-12-18)19-14-32-22-21(19)23(28-15-27-22)33-20-8-4-5-13-29(25(20)31)24(30)17-6-2-1-3-7-17/h1-3,6-7,9-12,14-15,20H,4-5,8,13H2/t20-/m1/s1. The van der Waals surface area contributed by atoms with Gasteiger partial charge >= 0.3 is 0 Å². The first kappa shape index (κ1) is 22.1. The van der Waals surface area contributed by atoms with Gasteiger partial charge in [-0.05, 0) is 42.7 Å². The largest absolute Gasteiger partial charge is 0.278 e. The quantitative estimate of drug-likeness (QED) is 0.245. The molecule has 0 unspecified atom stereocenters. The second kappa shape index (κ2) is 9.63. The van der Waals surface area contributed by atoms with E-state index < -0.39 is 0 Å². The van der Waals surface area contributed by atoms with Crippen molar-refractivity contribution in [1.82, 2.24) is 14.9 Å². The highest BCUT2D eigenvalue weighted by Crippen LogP contribution is 2.40. The van der Waals surface area contributed by atoms with E-state index in [2.05, 4.69) is 15.3 Å². The average molecular weight is 494 g/mol. The van der Waals surface area contributed by atoms with Crippen molar-refractivity contribution in [1.29, 1.82) is 0 Å². The van der Waals surface area contributed by atoms with Crippen LogP contribution in [-0.4, -0.2) is 38.5 Å². The number of amides is 2. The molecule has 33 heavy (non-hydrogen) atoms. The first-order valence-electron chi connectivity index (χ1n) is 10.7. The molecule has 0 spiro atoms. The van der Waals surface area contributed by atoms with Crippen LogP contribution in [0.15, 0.2) is 71.3 Å². The molecule has 5 rings (SSSR count). The molecule has 0 radical (unpaired) electrons. The number of fused-ring (bicyclic) bond motifs is 1. The van der Waals surface area contributed by atoms with Crippen LogP contribution in [0, 0.1) is 0 Å². The molecule has 0 aliphatic carbocycles. The van der Waals surface area contributed by atoms with E-state index >= 15 is 0 Å². The van der Waals surface area contributed by atoms with Gasteiger partial charge in [0, 0.05) is 28.1 Å². The number of hydrogen-bond donors (Lipinski definition) is 0. The zero-order chi connectivity index (χ0) is 22.8. The Morgan fingerprint density at radius 3 is 2.64 bits per heavy atom. The molecule has 5 nitrogen and oxygen atoms in total. The summed E-state index contributed by atoms with van der Waals surface area (Å²) in [5, 5.41) is 4.06. The summed E-state index contributed by atoms with van der Waals surface area (Å²) in [7, 11) is 0. The Balaban J connectivity index is 1.47. The third kappa shape index (κ3) is 4.53. The fraction of sp³-hybridized carbons (Fsp3) is 0.200. The SMILES string of the molecule is O=C(c1ccccc1)N1CCCC[C@@H](Sc2ncnc3scc(-c4ccc(Cl)cc4)c23)C1=O. The summed E-state index contributed by atoms with van der Waals surface area (Å²) in [6, 6.07) is 16.7. The molecule has 4 aromatic rings. The fourth-order valence-corrected chi connectivity index (χ4v) is 6.29. The van der Waals surface area contributed by atoms with Crippen LogP contribution in [0.1, 0.15) is 29.6 Å². The Kier molecular flexibility index (Phi) is 6.44. The van der Waals surface area contributed by atoms with E-state index in [0.29, 0.717) is 23.6 Å². The second-order valence-electron chi connectivity index (χ2n) is 7.78. The summed E-state index contributed by atoms with van der Waals surface area (Å²) >= 11 is 9.05. The van der Waals surface area contributed by atoms with Crippen molar-refractivity contribution < 1.29 is 9.59 Å². The number of thiophene rings is 1. The van der Waals surface area contributed by atoms with Crippen LogP contribution in [-0.2, 0) is 4.79 Å². The van der Waals surface area contributed by atoms with E-state index in [1.807, 2.05) is 42.5 Å². The van der Waals surface area contributed by atoms with E-state index in [1.54, 1.807) is 29.8 Å². The molecule has 166 valence electrons. The van der Waals surface area contributed by atoms with E-state index in [0.717, 1.165) is 39.2 Å². The summed E-state index contributed by atoms with van der Waals surface area (Å²) in [6.07, 6.45) is 3.92. The molecule has 1 saturated heterocycles. The number of aromatic nitrogens is 2. The number of carbonyl (C=O) groups is 2. The van der Waals surface area contributed by atoms with Crippen LogP contribution in [0.4, 0.5) is 0 Å². The average Bonchev–Trinajstić information content (AvgIpc) is 3.20. The van der Waals surface area contributed by atoms with Gasteiger partial charge in [-0.3, -0.25) is 14.5 Å². The third-order valence-corrected chi connectivity index (χ3v) is 8.04. The predicted molar refractivity (Wildman–Crippen MR) is 134 cm³/mol. The monoisotopic (exact) mass is 493 g/mol. The van der Waals surface area contributed by atoms with Gasteiger partial charge in [-0.2, -0.15) is 0 Å². The maximum absolute atomic E-state index is 13.5. The molecule has 1 atom stereocenters. The van der Waals surface area contributed by atoms with E-state index in [4.69, 9.17) is 11.6 Å². The molecule has 1 aliphatic rings. The Morgan fingerprint density at radius 2 is 1.85 bits per heavy atom. The van der Waals surface area contributed by atoms with E-state index in [9.17, 15) is 9.59 Å². The Hall–Kier alpha value is -2.74. The van der Waals surface area contributed by atoms with Gasteiger partial charge in [0.15, 0.2) is 0 Å². The molecule has 0 saturated carbocycles. The van der Waals surface area contributed by atoms with Crippen molar-refractivity contribution in [2.24, 2.45) is 0 Å². The van der Waals surface area contributed by atoms with Crippen LogP contribution >= 0.6 is 34.7 Å². The Labute approximate surface area is 204 Å². The minimum Gasteiger partial charge on any atom is -0.278 e. The van der Waals surface area contributed by atoms with Gasteiger partial charge in [-0.25, -0.2) is 9.97 Å². The van der Waals surface area contributed by atoms with Crippen molar-refractivity contribution in [3.05, 3.63) is 76.9 Å². The maximum Gasteiger partial charge on any atom is 0.260 e. The lowest BCUT2D eigenvalue weighted by Gasteiger charge is -2.22. The smallest absolute Gasteiger partial charge is 0.260 e.